The van der Waals surface area contributed by atoms with Crippen LogP contribution in [0.4, 0.5) is 0 Å². The Hall–Kier alpha value is -2.18. The minimum Gasteiger partial charge on any atom is -0.481 e. The Morgan fingerprint density at radius 2 is 2.00 bits per heavy atom. The normalized spacial score (nSPS) is 26.7. The third kappa shape index (κ3) is 3.39. The molecule has 2 heterocycles. The molecule has 1 aromatic heterocycles. The van der Waals surface area contributed by atoms with Crippen molar-refractivity contribution in [2.45, 2.75) is 38.3 Å². The van der Waals surface area contributed by atoms with Crippen LogP contribution in [-0.4, -0.2) is 49.8 Å². The summed E-state index contributed by atoms with van der Waals surface area (Å²) in [6.07, 6.45) is 7.97. The molecule has 0 amide bonds. The first-order valence-electron chi connectivity index (χ1n) is 9.28. The van der Waals surface area contributed by atoms with Gasteiger partial charge in [-0.05, 0) is 36.5 Å². The quantitative estimate of drug-likeness (QED) is 0.831. The lowest BCUT2D eigenvalue weighted by Crippen LogP contribution is -2.55. The van der Waals surface area contributed by atoms with Gasteiger partial charge < -0.3 is 14.8 Å². The highest BCUT2D eigenvalue weighted by molar-refractivity contribution is 5.76. The van der Waals surface area contributed by atoms with Crippen LogP contribution in [0.3, 0.4) is 0 Å². The van der Waals surface area contributed by atoms with Crippen LogP contribution in [0, 0.1) is 11.3 Å². The molecule has 6 nitrogen and oxygen atoms in total. The molecule has 1 saturated carbocycles. The number of hydrogen-bond acceptors (Lipinski definition) is 4. The number of rotatable bonds is 6. The fourth-order valence-corrected chi connectivity index (χ4v) is 4.08. The number of likely N-dealkylation sites (tertiary alicyclic amines) is 1. The molecule has 2 aliphatic rings. The average molecular weight is 355 g/mol. The number of aliphatic hydroxyl groups excluding tert-OH is 1. The lowest BCUT2D eigenvalue weighted by atomic mass is 9.73. The van der Waals surface area contributed by atoms with Gasteiger partial charge in [0.2, 0.25) is 0 Å². The zero-order chi connectivity index (χ0) is 18.1. The molecule has 2 atom stereocenters. The second-order valence-corrected chi connectivity index (χ2v) is 7.76. The molecule has 4 rings (SSSR count). The summed E-state index contributed by atoms with van der Waals surface area (Å²) in [6, 6.07) is 8.24. The molecule has 1 aliphatic heterocycles. The zero-order valence-corrected chi connectivity index (χ0v) is 14.8. The van der Waals surface area contributed by atoms with Gasteiger partial charge in [0.05, 0.1) is 12.4 Å². The van der Waals surface area contributed by atoms with E-state index in [-0.39, 0.29) is 0 Å². The third-order valence-electron chi connectivity index (χ3n) is 5.78. The minimum absolute atomic E-state index is 0.420. The number of aliphatic hydroxyl groups is 1. The number of carbonyl (C=O) groups is 1. The van der Waals surface area contributed by atoms with E-state index in [0.717, 1.165) is 30.6 Å². The lowest BCUT2D eigenvalue weighted by Gasteiger charge is -2.43. The van der Waals surface area contributed by atoms with Crippen molar-refractivity contribution in [1.82, 2.24) is 14.5 Å². The van der Waals surface area contributed by atoms with Gasteiger partial charge in [0.25, 0.3) is 0 Å². The molecule has 26 heavy (non-hydrogen) atoms. The Kier molecular flexibility index (Phi) is 4.54. The van der Waals surface area contributed by atoms with Crippen molar-refractivity contribution in [1.29, 1.82) is 0 Å². The third-order valence-corrected chi connectivity index (χ3v) is 5.78. The van der Waals surface area contributed by atoms with E-state index in [9.17, 15) is 15.0 Å². The molecule has 0 unspecified atom stereocenters. The maximum absolute atomic E-state index is 12.0. The molecular weight excluding hydrogens is 330 g/mol. The molecule has 2 N–H and O–H groups in total. The van der Waals surface area contributed by atoms with Crippen LogP contribution < -0.4 is 0 Å². The molecule has 2 fully saturated rings. The topological polar surface area (TPSA) is 78.6 Å². The second kappa shape index (κ2) is 6.85. The van der Waals surface area contributed by atoms with Crippen molar-refractivity contribution in [3.63, 3.8) is 0 Å². The number of aromatic nitrogens is 2. The van der Waals surface area contributed by atoms with Gasteiger partial charge in [-0.15, -0.1) is 0 Å². The summed E-state index contributed by atoms with van der Waals surface area (Å²) in [5, 5.41) is 20.3. The average Bonchev–Trinajstić information content (AvgIpc) is 3.27. The van der Waals surface area contributed by atoms with Crippen molar-refractivity contribution in [2.75, 3.05) is 13.1 Å². The summed E-state index contributed by atoms with van der Waals surface area (Å²) >= 11 is 0. The van der Waals surface area contributed by atoms with Gasteiger partial charge >= 0.3 is 5.97 Å². The summed E-state index contributed by atoms with van der Waals surface area (Å²) < 4.78 is 1.95. The first kappa shape index (κ1) is 17.2. The Morgan fingerprint density at radius 1 is 1.23 bits per heavy atom. The van der Waals surface area contributed by atoms with E-state index in [1.807, 2.05) is 22.9 Å². The van der Waals surface area contributed by atoms with E-state index in [1.165, 1.54) is 0 Å². The number of piperidine rings is 1. The number of imidazole rings is 1. The minimum atomic E-state index is -1.02. The van der Waals surface area contributed by atoms with E-state index < -0.39 is 17.5 Å². The van der Waals surface area contributed by atoms with Crippen molar-refractivity contribution in [3.8, 4) is 5.69 Å². The number of benzene rings is 1. The van der Waals surface area contributed by atoms with Crippen molar-refractivity contribution >= 4 is 5.97 Å². The summed E-state index contributed by atoms with van der Waals surface area (Å²) in [6.45, 7) is 1.85. The van der Waals surface area contributed by atoms with Crippen LogP contribution in [0.15, 0.2) is 43.0 Å². The van der Waals surface area contributed by atoms with Gasteiger partial charge in [0, 0.05) is 37.7 Å². The summed E-state index contributed by atoms with van der Waals surface area (Å²) in [4.78, 5) is 18.3. The molecule has 1 aliphatic carbocycles. The van der Waals surface area contributed by atoms with E-state index in [2.05, 4.69) is 22.0 Å². The molecule has 138 valence electrons. The molecular formula is C20H25N3O3. The van der Waals surface area contributed by atoms with Crippen LogP contribution >= 0.6 is 0 Å². The smallest absolute Gasteiger partial charge is 0.313 e. The van der Waals surface area contributed by atoms with Gasteiger partial charge in [-0.3, -0.25) is 9.69 Å². The highest BCUT2D eigenvalue weighted by atomic mass is 16.4. The number of carboxylic acid groups (broad SMARTS) is 1. The zero-order valence-electron chi connectivity index (χ0n) is 14.8. The van der Waals surface area contributed by atoms with E-state index in [1.54, 1.807) is 12.5 Å². The van der Waals surface area contributed by atoms with E-state index in [0.29, 0.717) is 31.8 Å². The van der Waals surface area contributed by atoms with Crippen molar-refractivity contribution < 1.29 is 15.0 Å². The monoisotopic (exact) mass is 355 g/mol. The largest absolute Gasteiger partial charge is 0.481 e. The predicted molar refractivity (Wildman–Crippen MR) is 96.9 cm³/mol. The number of aliphatic carboxylic acids is 1. The lowest BCUT2D eigenvalue weighted by molar-refractivity contribution is -0.165. The maximum Gasteiger partial charge on any atom is 0.313 e. The van der Waals surface area contributed by atoms with Crippen LogP contribution in [0.2, 0.25) is 0 Å². The van der Waals surface area contributed by atoms with Gasteiger partial charge in [0.1, 0.15) is 5.41 Å². The van der Waals surface area contributed by atoms with Gasteiger partial charge in [-0.1, -0.05) is 25.0 Å². The van der Waals surface area contributed by atoms with Crippen LogP contribution in [0.5, 0.6) is 0 Å². The number of hydrogen-bond donors (Lipinski definition) is 2. The summed E-state index contributed by atoms with van der Waals surface area (Å²) in [5.74, 6) is -0.382. The first-order valence-corrected chi connectivity index (χ1v) is 9.28. The fourth-order valence-electron chi connectivity index (χ4n) is 4.08. The first-order chi connectivity index (χ1) is 12.6. The van der Waals surface area contributed by atoms with Gasteiger partial charge in [0.15, 0.2) is 0 Å². The highest BCUT2D eigenvalue weighted by Crippen LogP contribution is 2.45. The van der Waals surface area contributed by atoms with Crippen molar-refractivity contribution in [2.24, 2.45) is 11.3 Å². The molecule has 1 saturated heterocycles. The molecule has 0 bridgehead atoms. The van der Waals surface area contributed by atoms with E-state index >= 15 is 0 Å². The van der Waals surface area contributed by atoms with Crippen LogP contribution in [-0.2, 0) is 11.3 Å². The van der Waals surface area contributed by atoms with Gasteiger partial charge in [-0.2, -0.15) is 0 Å². The Balaban J connectivity index is 1.46. The van der Waals surface area contributed by atoms with Gasteiger partial charge in [-0.25, -0.2) is 4.98 Å². The fraction of sp³-hybridized carbons (Fsp3) is 0.500. The standard InChI is InChI=1S/C20H25N3O3/c24-18-7-9-22(13-20(18,19(25)26)11-15-1-2-15)12-16-3-5-17(6-4-16)23-10-8-21-14-23/h3-6,8,10,14-15,18,24H,1-2,7,9,11-13H2,(H,25,26)/t18-,20-/m1/s1. The SMILES string of the molecule is O=C(O)[C@]1(CC2CC2)CN(Cc2ccc(-n3ccnc3)cc2)CC[C@H]1O. The molecule has 6 heteroatoms. The van der Waals surface area contributed by atoms with E-state index in [4.69, 9.17) is 0 Å². The molecule has 1 aromatic carbocycles. The molecule has 0 radical (unpaired) electrons. The Labute approximate surface area is 153 Å². The van der Waals surface area contributed by atoms with Crippen LogP contribution in [0.1, 0.15) is 31.2 Å². The molecule has 0 spiro atoms. The molecule has 2 aromatic rings. The second-order valence-electron chi connectivity index (χ2n) is 7.76. The van der Waals surface area contributed by atoms with Crippen molar-refractivity contribution in [3.05, 3.63) is 48.5 Å². The maximum atomic E-state index is 12.0. The Morgan fingerprint density at radius 3 is 2.62 bits per heavy atom. The number of carboxylic acids is 1. The van der Waals surface area contributed by atoms with Crippen LogP contribution in [0.25, 0.3) is 5.69 Å². The predicted octanol–water partition coefficient (Wildman–Crippen LogP) is 2.31. The summed E-state index contributed by atoms with van der Waals surface area (Å²) in [7, 11) is 0. The Bertz CT molecular complexity index is 755. The highest BCUT2D eigenvalue weighted by Gasteiger charge is 2.51. The summed E-state index contributed by atoms with van der Waals surface area (Å²) in [5.41, 5.74) is 1.18. The number of nitrogens with zero attached hydrogens (tertiary/aromatic N) is 3.